The van der Waals surface area contributed by atoms with Crippen molar-refractivity contribution in [2.75, 3.05) is 0 Å². The quantitative estimate of drug-likeness (QED) is 0.828. The van der Waals surface area contributed by atoms with E-state index in [-0.39, 0.29) is 24.4 Å². The Hall–Kier alpha value is -1.74. The Bertz CT molecular complexity index is 594. The van der Waals surface area contributed by atoms with Crippen molar-refractivity contribution in [1.82, 2.24) is 0 Å². The van der Waals surface area contributed by atoms with E-state index in [9.17, 15) is 13.6 Å². The van der Waals surface area contributed by atoms with Crippen molar-refractivity contribution in [1.29, 1.82) is 0 Å². The van der Waals surface area contributed by atoms with Crippen molar-refractivity contribution >= 4 is 17.4 Å². The Balaban J connectivity index is 2.05. The minimum absolute atomic E-state index is 0.0635. The van der Waals surface area contributed by atoms with Crippen LogP contribution in [-0.2, 0) is 17.6 Å². The van der Waals surface area contributed by atoms with Crippen LogP contribution in [0.2, 0.25) is 5.02 Å². The summed E-state index contributed by atoms with van der Waals surface area (Å²) in [5, 5.41) is 0.369. The van der Waals surface area contributed by atoms with Crippen molar-refractivity contribution in [3.05, 3.63) is 70.2 Å². The van der Waals surface area contributed by atoms with E-state index < -0.39 is 5.82 Å². The van der Waals surface area contributed by atoms with E-state index in [4.69, 9.17) is 11.6 Å². The van der Waals surface area contributed by atoms with Gasteiger partial charge in [-0.2, -0.15) is 0 Å². The van der Waals surface area contributed by atoms with Crippen LogP contribution in [0, 0.1) is 11.6 Å². The fourth-order valence-corrected chi connectivity index (χ4v) is 1.97. The summed E-state index contributed by atoms with van der Waals surface area (Å²) in [5.41, 5.74) is 1.19. The number of hydrogen-bond acceptors (Lipinski definition) is 1. The maximum Gasteiger partial charge on any atom is 0.141 e. The summed E-state index contributed by atoms with van der Waals surface area (Å²) in [7, 11) is 0. The second kappa shape index (κ2) is 5.93. The molecule has 0 atom stereocenters. The van der Waals surface area contributed by atoms with Gasteiger partial charge in [-0.25, -0.2) is 8.78 Å². The highest BCUT2D eigenvalue weighted by atomic mass is 35.5. The molecule has 0 unspecified atom stereocenters. The first-order valence-corrected chi connectivity index (χ1v) is 6.12. The molecule has 0 N–H and O–H groups in total. The van der Waals surface area contributed by atoms with Gasteiger partial charge in [0.1, 0.15) is 17.4 Å². The molecular formula is C15H11ClF2O. The Labute approximate surface area is 114 Å². The van der Waals surface area contributed by atoms with Crippen LogP contribution in [0.1, 0.15) is 11.1 Å². The number of benzene rings is 2. The molecule has 2 rings (SSSR count). The molecule has 2 aromatic rings. The van der Waals surface area contributed by atoms with Crippen LogP contribution >= 0.6 is 11.6 Å². The SMILES string of the molecule is O=C(Cc1ccc(F)cc1)Cc1cc(F)ccc1Cl. The molecule has 0 fully saturated rings. The molecule has 0 aliphatic carbocycles. The molecule has 1 nitrogen and oxygen atoms in total. The molecule has 0 amide bonds. The highest BCUT2D eigenvalue weighted by Gasteiger charge is 2.09. The van der Waals surface area contributed by atoms with E-state index in [1.54, 1.807) is 12.1 Å². The van der Waals surface area contributed by atoms with Crippen molar-refractivity contribution in [3.8, 4) is 0 Å². The van der Waals surface area contributed by atoms with E-state index in [1.165, 1.54) is 30.3 Å². The van der Waals surface area contributed by atoms with Gasteiger partial charge in [0.05, 0.1) is 0 Å². The zero-order chi connectivity index (χ0) is 13.8. The maximum atomic E-state index is 13.1. The van der Waals surface area contributed by atoms with Crippen LogP contribution in [0.25, 0.3) is 0 Å². The van der Waals surface area contributed by atoms with Gasteiger partial charge in [-0.05, 0) is 41.5 Å². The number of Topliss-reactive ketones (excluding diaryl/α,β-unsaturated/α-hetero) is 1. The molecule has 19 heavy (non-hydrogen) atoms. The fraction of sp³-hybridized carbons (Fsp3) is 0.133. The monoisotopic (exact) mass is 280 g/mol. The zero-order valence-electron chi connectivity index (χ0n) is 10.00. The first-order chi connectivity index (χ1) is 9.04. The first kappa shape index (κ1) is 13.7. The number of halogens is 3. The lowest BCUT2D eigenvalue weighted by Gasteiger charge is -2.04. The number of carbonyl (C=O) groups excluding carboxylic acids is 1. The summed E-state index contributed by atoms with van der Waals surface area (Å²) >= 11 is 5.90. The Morgan fingerprint density at radius 1 is 0.947 bits per heavy atom. The van der Waals surface area contributed by atoms with Crippen molar-refractivity contribution in [3.63, 3.8) is 0 Å². The van der Waals surface area contributed by atoms with Gasteiger partial charge in [-0.15, -0.1) is 0 Å². The number of rotatable bonds is 4. The van der Waals surface area contributed by atoms with Crippen LogP contribution in [0.15, 0.2) is 42.5 Å². The highest BCUT2D eigenvalue weighted by Crippen LogP contribution is 2.18. The summed E-state index contributed by atoms with van der Waals surface area (Å²) in [6.45, 7) is 0. The Kier molecular flexibility index (Phi) is 4.27. The summed E-state index contributed by atoms with van der Waals surface area (Å²) in [4.78, 5) is 11.9. The third-order valence-corrected chi connectivity index (χ3v) is 3.08. The zero-order valence-corrected chi connectivity index (χ0v) is 10.8. The molecule has 0 aliphatic heterocycles. The lowest BCUT2D eigenvalue weighted by atomic mass is 10.0. The topological polar surface area (TPSA) is 17.1 Å². The minimum atomic E-state index is -0.422. The lowest BCUT2D eigenvalue weighted by Crippen LogP contribution is -2.07. The molecule has 0 bridgehead atoms. The standard InChI is InChI=1S/C15H11ClF2O/c16-15-6-5-13(18)8-11(15)9-14(19)7-10-1-3-12(17)4-2-10/h1-6,8H,7,9H2. The van der Waals surface area contributed by atoms with Gasteiger partial charge in [-0.3, -0.25) is 4.79 Å². The number of hydrogen-bond donors (Lipinski definition) is 0. The van der Waals surface area contributed by atoms with Crippen molar-refractivity contribution < 1.29 is 13.6 Å². The van der Waals surface area contributed by atoms with Crippen LogP contribution in [0.3, 0.4) is 0 Å². The summed E-state index contributed by atoms with van der Waals surface area (Å²) < 4.78 is 25.8. The molecule has 0 aromatic heterocycles. The predicted molar refractivity (Wildman–Crippen MR) is 70.2 cm³/mol. The summed E-state index contributed by atoms with van der Waals surface area (Å²) in [6.07, 6.45) is 0.237. The van der Waals surface area contributed by atoms with Crippen molar-refractivity contribution in [2.45, 2.75) is 12.8 Å². The van der Waals surface area contributed by atoms with Gasteiger partial charge in [0.2, 0.25) is 0 Å². The number of carbonyl (C=O) groups is 1. The van der Waals surface area contributed by atoms with Crippen LogP contribution in [0.5, 0.6) is 0 Å². The van der Waals surface area contributed by atoms with Crippen LogP contribution in [-0.4, -0.2) is 5.78 Å². The third kappa shape index (κ3) is 3.86. The van der Waals surface area contributed by atoms with Gasteiger partial charge in [0.25, 0.3) is 0 Å². The second-order valence-corrected chi connectivity index (χ2v) is 4.66. The molecule has 0 radical (unpaired) electrons. The molecule has 4 heteroatoms. The van der Waals surface area contributed by atoms with E-state index in [0.717, 1.165) is 5.56 Å². The maximum absolute atomic E-state index is 13.1. The normalized spacial score (nSPS) is 10.5. The van der Waals surface area contributed by atoms with Gasteiger partial charge in [0, 0.05) is 17.9 Å². The molecule has 0 heterocycles. The van der Waals surface area contributed by atoms with Crippen molar-refractivity contribution in [2.24, 2.45) is 0 Å². The molecule has 2 aromatic carbocycles. The molecule has 0 spiro atoms. The minimum Gasteiger partial charge on any atom is -0.299 e. The van der Waals surface area contributed by atoms with E-state index in [0.29, 0.717) is 10.6 Å². The highest BCUT2D eigenvalue weighted by molar-refractivity contribution is 6.31. The molecule has 0 saturated heterocycles. The average Bonchev–Trinajstić information content (AvgIpc) is 2.37. The largest absolute Gasteiger partial charge is 0.299 e. The van der Waals surface area contributed by atoms with E-state index in [2.05, 4.69) is 0 Å². The third-order valence-electron chi connectivity index (χ3n) is 2.71. The molecule has 98 valence electrons. The molecule has 0 aliphatic rings. The molecular weight excluding hydrogens is 270 g/mol. The fourth-order valence-electron chi connectivity index (χ4n) is 1.78. The van der Waals surface area contributed by atoms with Crippen LogP contribution < -0.4 is 0 Å². The van der Waals surface area contributed by atoms with Gasteiger partial charge in [0.15, 0.2) is 0 Å². The van der Waals surface area contributed by atoms with E-state index in [1.807, 2.05) is 0 Å². The Morgan fingerprint density at radius 3 is 2.26 bits per heavy atom. The first-order valence-electron chi connectivity index (χ1n) is 5.74. The average molecular weight is 281 g/mol. The summed E-state index contributed by atoms with van der Waals surface area (Å²) in [6, 6.07) is 9.65. The second-order valence-electron chi connectivity index (χ2n) is 4.25. The van der Waals surface area contributed by atoms with E-state index >= 15 is 0 Å². The smallest absolute Gasteiger partial charge is 0.141 e. The van der Waals surface area contributed by atoms with Crippen LogP contribution in [0.4, 0.5) is 8.78 Å². The predicted octanol–water partition coefficient (Wildman–Crippen LogP) is 3.97. The Morgan fingerprint density at radius 2 is 1.58 bits per heavy atom. The summed E-state index contributed by atoms with van der Waals surface area (Å²) in [5.74, 6) is -0.863. The molecule has 0 saturated carbocycles. The van der Waals surface area contributed by atoms with Gasteiger partial charge < -0.3 is 0 Å². The lowest BCUT2D eigenvalue weighted by molar-refractivity contribution is -0.117. The van der Waals surface area contributed by atoms with Gasteiger partial charge >= 0.3 is 0 Å². The van der Waals surface area contributed by atoms with Gasteiger partial charge in [-0.1, -0.05) is 23.7 Å². The number of ketones is 1.